The Morgan fingerprint density at radius 3 is 2.62 bits per heavy atom. The summed E-state index contributed by atoms with van der Waals surface area (Å²) in [7, 11) is 3.20. The number of anilines is 1. The highest BCUT2D eigenvalue weighted by Crippen LogP contribution is 2.33. The van der Waals surface area contributed by atoms with Gasteiger partial charge in [-0.1, -0.05) is 13.0 Å². The molecule has 0 fully saturated rings. The van der Waals surface area contributed by atoms with Crippen molar-refractivity contribution in [1.29, 1.82) is 0 Å². The van der Waals surface area contributed by atoms with Gasteiger partial charge >= 0.3 is 0 Å². The van der Waals surface area contributed by atoms with Gasteiger partial charge in [0, 0.05) is 49.2 Å². The second-order valence-electron chi connectivity index (χ2n) is 7.78. The van der Waals surface area contributed by atoms with Crippen LogP contribution in [0.2, 0.25) is 0 Å². The van der Waals surface area contributed by atoms with Crippen molar-refractivity contribution in [3.63, 3.8) is 0 Å². The van der Waals surface area contributed by atoms with E-state index in [0.29, 0.717) is 23.2 Å². The number of hydrogen-bond acceptors (Lipinski definition) is 7. The fourth-order valence-corrected chi connectivity index (χ4v) is 3.75. The molecule has 0 saturated heterocycles. The van der Waals surface area contributed by atoms with Crippen LogP contribution < -0.4 is 15.4 Å². The normalized spacial score (nSPS) is 11.4. The molecular formula is C25H28N6O2S. The fraction of sp³-hybridized carbons (Fsp3) is 0.240. The number of carbonyl (C=O) groups excluding carboxylic acids is 1. The lowest BCUT2D eigenvalue weighted by atomic mass is 9.95. The Bertz CT molecular complexity index is 1300. The Hall–Kier alpha value is -3.72. The van der Waals surface area contributed by atoms with E-state index < -0.39 is 0 Å². The van der Waals surface area contributed by atoms with E-state index in [2.05, 4.69) is 37.5 Å². The summed E-state index contributed by atoms with van der Waals surface area (Å²) in [5.74, 6) is 1.25. The number of nitrogens with zero attached hydrogens (tertiary/aromatic N) is 4. The van der Waals surface area contributed by atoms with E-state index in [1.165, 1.54) is 0 Å². The van der Waals surface area contributed by atoms with Crippen LogP contribution in [0.15, 0.2) is 55.1 Å². The Morgan fingerprint density at radius 2 is 1.91 bits per heavy atom. The monoisotopic (exact) mass is 476 g/mol. The Morgan fingerprint density at radius 1 is 1.09 bits per heavy atom. The molecule has 176 valence electrons. The van der Waals surface area contributed by atoms with Crippen LogP contribution in [-0.4, -0.2) is 46.5 Å². The molecule has 34 heavy (non-hydrogen) atoms. The van der Waals surface area contributed by atoms with Crippen LogP contribution >= 0.6 is 13.5 Å². The van der Waals surface area contributed by atoms with Crippen LogP contribution in [0.25, 0.3) is 22.2 Å². The SMILES string of the molecule is CNC(=O)c1ccnc2c([C@H](C)CNc3cc(-c4ccc(C)nc4)ncn3)ccc(OC)c12.S. The number of rotatable bonds is 7. The number of methoxy groups -OCH3 is 1. The van der Waals surface area contributed by atoms with Gasteiger partial charge in [-0.3, -0.25) is 14.8 Å². The van der Waals surface area contributed by atoms with Crippen molar-refractivity contribution in [2.45, 2.75) is 19.8 Å². The van der Waals surface area contributed by atoms with Gasteiger partial charge < -0.3 is 15.4 Å². The lowest BCUT2D eigenvalue weighted by molar-refractivity contribution is 0.0964. The molecule has 8 nitrogen and oxygen atoms in total. The van der Waals surface area contributed by atoms with Crippen LogP contribution in [0.4, 0.5) is 5.82 Å². The minimum absolute atomic E-state index is 0. The number of carbonyl (C=O) groups is 1. The molecule has 4 rings (SSSR count). The minimum Gasteiger partial charge on any atom is -0.496 e. The second kappa shape index (κ2) is 10.9. The van der Waals surface area contributed by atoms with Gasteiger partial charge in [0.1, 0.15) is 17.9 Å². The summed E-state index contributed by atoms with van der Waals surface area (Å²) in [4.78, 5) is 30.1. The largest absolute Gasteiger partial charge is 0.496 e. The first-order valence-electron chi connectivity index (χ1n) is 10.7. The Kier molecular flexibility index (Phi) is 8.01. The van der Waals surface area contributed by atoms with E-state index in [4.69, 9.17) is 4.74 Å². The zero-order valence-electron chi connectivity index (χ0n) is 19.6. The van der Waals surface area contributed by atoms with E-state index in [0.717, 1.165) is 33.8 Å². The highest BCUT2D eigenvalue weighted by molar-refractivity contribution is 7.59. The molecule has 0 aliphatic carbocycles. The third-order valence-corrected chi connectivity index (χ3v) is 5.57. The van der Waals surface area contributed by atoms with E-state index >= 15 is 0 Å². The average molecular weight is 477 g/mol. The molecule has 1 atom stereocenters. The maximum atomic E-state index is 12.4. The molecule has 1 aromatic carbocycles. The number of aromatic nitrogens is 4. The lowest BCUT2D eigenvalue weighted by Gasteiger charge is -2.18. The second-order valence-corrected chi connectivity index (χ2v) is 7.78. The highest BCUT2D eigenvalue weighted by Gasteiger charge is 2.19. The van der Waals surface area contributed by atoms with Gasteiger partial charge in [0.2, 0.25) is 0 Å². The van der Waals surface area contributed by atoms with Crippen LogP contribution in [0.5, 0.6) is 5.75 Å². The predicted octanol–water partition coefficient (Wildman–Crippen LogP) is 4.09. The van der Waals surface area contributed by atoms with Crippen molar-refractivity contribution in [3.05, 3.63) is 71.9 Å². The summed E-state index contributed by atoms with van der Waals surface area (Å²) >= 11 is 0. The molecule has 0 saturated carbocycles. The first kappa shape index (κ1) is 24.9. The summed E-state index contributed by atoms with van der Waals surface area (Å²) in [6.45, 7) is 4.68. The lowest BCUT2D eigenvalue weighted by Crippen LogP contribution is -2.19. The fourth-order valence-electron chi connectivity index (χ4n) is 3.75. The van der Waals surface area contributed by atoms with Gasteiger partial charge in [-0.05, 0) is 36.8 Å². The van der Waals surface area contributed by atoms with Crippen molar-refractivity contribution >= 4 is 36.1 Å². The average Bonchev–Trinajstić information content (AvgIpc) is 2.86. The van der Waals surface area contributed by atoms with Crippen LogP contribution in [-0.2, 0) is 0 Å². The zero-order chi connectivity index (χ0) is 23.4. The molecule has 0 bridgehead atoms. The van der Waals surface area contributed by atoms with Crippen LogP contribution in [0.1, 0.15) is 34.5 Å². The maximum Gasteiger partial charge on any atom is 0.251 e. The van der Waals surface area contributed by atoms with Gasteiger partial charge in [-0.2, -0.15) is 13.5 Å². The first-order valence-corrected chi connectivity index (χ1v) is 10.7. The Labute approximate surface area is 205 Å². The number of ether oxygens (including phenoxy) is 1. The standard InChI is InChI=1S/C25H26N6O2.H2S/c1-15(12-29-22-11-20(30-14-31-22)17-6-5-16(2)28-13-17)18-7-8-21(33-4)23-19(25(32)26-3)9-10-27-24(18)23;/h5-11,13-15H,12H2,1-4H3,(H,26,32)(H,29,30,31);1H2/t15-;/m1./s1. The molecule has 4 aromatic rings. The van der Waals surface area contributed by atoms with Gasteiger partial charge in [0.25, 0.3) is 5.91 Å². The molecule has 0 spiro atoms. The quantitative estimate of drug-likeness (QED) is 0.414. The number of fused-ring (bicyclic) bond motifs is 1. The van der Waals surface area contributed by atoms with Crippen molar-refractivity contribution in [3.8, 4) is 17.0 Å². The number of aryl methyl sites for hydroxylation is 1. The predicted molar refractivity (Wildman–Crippen MR) is 139 cm³/mol. The molecular weight excluding hydrogens is 448 g/mol. The first-order chi connectivity index (χ1) is 16.0. The molecule has 0 aliphatic heterocycles. The van der Waals surface area contributed by atoms with Crippen molar-refractivity contribution in [2.75, 3.05) is 26.0 Å². The van der Waals surface area contributed by atoms with Gasteiger partial charge in [0.15, 0.2) is 0 Å². The smallest absolute Gasteiger partial charge is 0.251 e. The molecule has 0 radical (unpaired) electrons. The van der Waals surface area contributed by atoms with Gasteiger partial charge in [0.05, 0.1) is 29.3 Å². The molecule has 0 aliphatic rings. The molecule has 0 unspecified atom stereocenters. The third-order valence-electron chi connectivity index (χ3n) is 5.57. The maximum absolute atomic E-state index is 12.4. The third kappa shape index (κ3) is 5.09. The molecule has 2 N–H and O–H groups in total. The minimum atomic E-state index is -0.178. The van der Waals surface area contributed by atoms with Crippen molar-refractivity contribution in [1.82, 2.24) is 25.3 Å². The summed E-state index contributed by atoms with van der Waals surface area (Å²) in [6.07, 6.45) is 5.01. The van der Waals surface area contributed by atoms with Gasteiger partial charge in [-0.25, -0.2) is 9.97 Å². The number of pyridine rings is 2. The van der Waals surface area contributed by atoms with Crippen molar-refractivity contribution < 1.29 is 9.53 Å². The number of benzene rings is 1. The van der Waals surface area contributed by atoms with Crippen LogP contribution in [0, 0.1) is 6.92 Å². The van der Waals surface area contributed by atoms with Gasteiger partial charge in [-0.15, -0.1) is 0 Å². The number of nitrogens with one attached hydrogen (secondary N) is 2. The molecule has 9 heteroatoms. The molecule has 3 heterocycles. The van der Waals surface area contributed by atoms with E-state index in [9.17, 15) is 4.79 Å². The highest BCUT2D eigenvalue weighted by atomic mass is 32.1. The van der Waals surface area contributed by atoms with E-state index in [1.807, 2.05) is 43.5 Å². The van der Waals surface area contributed by atoms with Crippen LogP contribution in [0.3, 0.4) is 0 Å². The van der Waals surface area contributed by atoms with E-state index in [1.54, 1.807) is 32.7 Å². The summed E-state index contributed by atoms with van der Waals surface area (Å²) in [5, 5.41) is 6.79. The Balaban J connectivity index is 0.00000324. The summed E-state index contributed by atoms with van der Waals surface area (Å²) in [6, 6.07) is 11.5. The van der Waals surface area contributed by atoms with E-state index in [-0.39, 0.29) is 25.3 Å². The number of hydrogen-bond donors (Lipinski definition) is 2. The topological polar surface area (TPSA) is 102 Å². The molecule has 1 amide bonds. The van der Waals surface area contributed by atoms with Crippen molar-refractivity contribution in [2.24, 2.45) is 0 Å². The molecule has 3 aromatic heterocycles. The zero-order valence-corrected chi connectivity index (χ0v) is 20.6. The number of amides is 1. The summed E-state index contributed by atoms with van der Waals surface area (Å²) < 4.78 is 5.53. The summed E-state index contributed by atoms with van der Waals surface area (Å²) in [5.41, 5.74) is 5.00.